The second-order valence-corrected chi connectivity index (χ2v) is 19.4. The molecule has 0 saturated carbocycles. The van der Waals surface area contributed by atoms with Gasteiger partial charge in [0.05, 0.1) is 25.2 Å². The van der Waals surface area contributed by atoms with E-state index in [1.165, 1.54) is 161 Å². The van der Waals surface area contributed by atoms with Crippen molar-refractivity contribution in [1.29, 1.82) is 0 Å². The lowest BCUT2D eigenvalue weighted by atomic mass is 10.0. The van der Waals surface area contributed by atoms with Crippen LogP contribution in [-0.4, -0.2) is 46.9 Å². The van der Waals surface area contributed by atoms with Gasteiger partial charge in [-0.1, -0.05) is 249 Å². The third kappa shape index (κ3) is 48.1. The standard InChI is InChI=1S/C59H109NO5/c1-4-7-10-13-16-19-22-25-27-29-30-32-34-37-40-43-46-49-52-59(64)65-55(50-47-44-41-38-35-33-31-28-26-23-20-17-14-11-8-5-2)53-58(63)60-56(54-61)57(62)51-48-45-42-39-36-24-21-18-15-12-9-6-3/h27-33,35,55-57,61-62H,4-26,34,36-54H2,1-3H3,(H,60,63)/b29-27+,31-28+,32-30+,35-33+. The van der Waals surface area contributed by atoms with Gasteiger partial charge in [-0.05, 0) is 77.0 Å². The highest BCUT2D eigenvalue weighted by Crippen LogP contribution is 2.18. The van der Waals surface area contributed by atoms with Crippen LogP contribution in [0.3, 0.4) is 0 Å². The lowest BCUT2D eigenvalue weighted by Gasteiger charge is -2.24. The molecule has 3 unspecified atom stereocenters. The highest BCUT2D eigenvalue weighted by atomic mass is 16.5. The average Bonchev–Trinajstić information content (AvgIpc) is 3.30. The van der Waals surface area contributed by atoms with E-state index in [4.69, 9.17) is 4.74 Å². The molecule has 0 aromatic heterocycles. The van der Waals surface area contributed by atoms with E-state index in [1.807, 2.05) is 0 Å². The highest BCUT2D eigenvalue weighted by molar-refractivity contribution is 5.77. The van der Waals surface area contributed by atoms with Crippen LogP contribution in [0.2, 0.25) is 0 Å². The van der Waals surface area contributed by atoms with Gasteiger partial charge < -0.3 is 20.3 Å². The van der Waals surface area contributed by atoms with Crippen molar-refractivity contribution in [3.05, 3.63) is 48.6 Å². The van der Waals surface area contributed by atoms with E-state index in [9.17, 15) is 19.8 Å². The number of esters is 1. The van der Waals surface area contributed by atoms with Crippen LogP contribution in [0.15, 0.2) is 48.6 Å². The molecule has 0 aromatic rings. The van der Waals surface area contributed by atoms with Gasteiger partial charge in [0.2, 0.25) is 5.91 Å². The minimum absolute atomic E-state index is 0.0544. The van der Waals surface area contributed by atoms with E-state index >= 15 is 0 Å². The first-order valence-corrected chi connectivity index (χ1v) is 28.4. The first-order chi connectivity index (χ1) is 32.0. The molecule has 1 amide bonds. The summed E-state index contributed by atoms with van der Waals surface area (Å²) in [5.41, 5.74) is 0. The van der Waals surface area contributed by atoms with Gasteiger partial charge in [-0.25, -0.2) is 0 Å². The molecule has 3 N–H and O–H groups in total. The van der Waals surface area contributed by atoms with Gasteiger partial charge in [0.1, 0.15) is 6.10 Å². The Morgan fingerprint density at radius 2 is 0.769 bits per heavy atom. The van der Waals surface area contributed by atoms with Crippen LogP contribution in [0.5, 0.6) is 0 Å². The number of ether oxygens (including phenoxy) is 1. The normalized spacial score (nSPS) is 13.5. The average molecular weight is 913 g/mol. The lowest BCUT2D eigenvalue weighted by Crippen LogP contribution is -2.46. The van der Waals surface area contributed by atoms with E-state index < -0.39 is 18.2 Å². The van der Waals surface area contributed by atoms with Crippen molar-refractivity contribution < 1.29 is 24.5 Å². The zero-order valence-corrected chi connectivity index (χ0v) is 43.4. The van der Waals surface area contributed by atoms with Gasteiger partial charge in [0, 0.05) is 6.42 Å². The van der Waals surface area contributed by atoms with Crippen LogP contribution < -0.4 is 5.32 Å². The molecule has 0 bridgehead atoms. The maximum atomic E-state index is 13.2. The SMILES string of the molecule is CCCCCCCCC/C=C/C=C/CCCCCCCC(=O)OC(CCCCC/C=C/C=C/CCCCCCCCC)CC(=O)NC(CO)C(O)CCCCCCCCCCCCCC. The number of unbranched alkanes of at least 4 members (excludes halogenated alkanes) is 33. The molecule has 0 aliphatic rings. The second-order valence-electron chi connectivity index (χ2n) is 19.4. The molecule has 0 aliphatic carbocycles. The van der Waals surface area contributed by atoms with Gasteiger partial charge in [-0.3, -0.25) is 9.59 Å². The van der Waals surface area contributed by atoms with Gasteiger partial charge in [0.15, 0.2) is 0 Å². The molecular weight excluding hydrogens is 803 g/mol. The largest absolute Gasteiger partial charge is 0.462 e. The Morgan fingerprint density at radius 1 is 0.446 bits per heavy atom. The molecule has 0 aliphatic heterocycles. The van der Waals surface area contributed by atoms with Crippen molar-refractivity contribution in [1.82, 2.24) is 5.32 Å². The second kappa shape index (κ2) is 52.8. The fourth-order valence-electron chi connectivity index (χ4n) is 8.59. The third-order valence-corrected chi connectivity index (χ3v) is 12.9. The van der Waals surface area contributed by atoms with Crippen LogP contribution >= 0.6 is 0 Å². The topological polar surface area (TPSA) is 95.9 Å². The maximum absolute atomic E-state index is 13.2. The number of nitrogens with one attached hydrogen (secondary N) is 1. The van der Waals surface area contributed by atoms with E-state index in [0.29, 0.717) is 19.3 Å². The van der Waals surface area contributed by atoms with E-state index in [1.54, 1.807) is 0 Å². The maximum Gasteiger partial charge on any atom is 0.306 e. The summed E-state index contributed by atoms with van der Waals surface area (Å²) in [6, 6.07) is -0.713. The van der Waals surface area contributed by atoms with Crippen molar-refractivity contribution in [3.63, 3.8) is 0 Å². The molecule has 0 rings (SSSR count). The molecule has 0 saturated heterocycles. The molecule has 0 spiro atoms. The van der Waals surface area contributed by atoms with Crippen molar-refractivity contribution in [2.24, 2.45) is 0 Å². The number of hydrogen-bond donors (Lipinski definition) is 3. The lowest BCUT2D eigenvalue weighted by molar-refractivity contribution is -0.151. The molecule has 0 fully saturated rings. The minimum Gasteiger partial charge on any atom is -0.462 e. The zero-order chi connectivity index (χ0) is 47.4. The summed E-state index contributed by atoms with van der Waals surface area (Å²) in [7, 11) is 0. The van der Waals surface area contributed by atoms with E-state index in [-0.39, 0.29) is 24.9 Å². The Hall–Kier alpha value is -2.18. The van der Waals surface area contributed by atoms with Crippen LogP contribution in [0.1, 0.15) is 290 Å². The van der Waals surface area contributed by atoms with Gasteiger partial charge in [-0.2, -0.15) is 0 Å². The summed E-state index contributed by atoms with van der Waals surface area (Å²) in [4.78, 5) is 26.2. The highest BCUT2D eigenvalue weighted by Gasteiger charge is 2.24. The minimum atomic E-state index is -0.798. The number of amides is 1. The Labute approximate surface area is 404 Å². The Balaban J connectivity index is 4.63. The van der Waals surface area contributed by atoms with Gasteiger partial charge >= 0.3 is 5.97 Å². The predicted molar refractivity (Wildman–Crippen MR) is 282 cm³/mol. The number of allylic oxidation sites excluding steroid dienone is 8. The van der Waals surface area contributed by atoms with Crippen LogP contribution in [0.25, 0.3) is 0 Å². The van der Waals surface area contributed by atoms with Crippen LogP contribution in [0.4, 0.5) is 0 Å². The Kier molecular flexibility index (Phi) is 51.0. The van der Waals surface area contributed by atoms with Crippen molar-refractivity contribution in [2.45, 2.75) is 309 Å². The van der Waals surface area contributed by atoms with Crippen LogP contribution in [-0.2, 0) is 14.3 Å². The summed E-state index contributed by atoms with van der Waals surface area (Å²) in [5.74, 6) is -0.509. The number of aliphatic hydroxyl groups excluding tert-OH is 2. The number of aliphatic hydroxyl groups is 2. The third-order valence-electron chi connectivity index (χ3n) is 12.9. The number of rotatable bonds is 51. The molecule has 6 heteroatoms. The van der Waals surface area contributed by atoms with E-state index in [2.05, 4.69) is 74.7 Å². The summed E-state index contributed by atoms with van der Waals surface area (Å²) in [6.07, 6.45) is 64.6. The van der Waals surface area contributed by atoms with Crippen molar-refractivity contribution in [2.75, 3.05) is 6.61 Å². The van der Waals surface area contributed by atoms with Crippen molar-refractivity contribution in [3.8, 4) is 0 Å². The van der Waals surface area contributed by atoms with Gasteiger partial charge in [-0.15, -0.1) is 0 Å². The summed E-state index contributed by atoms with van der Waals surface area (Å²) in [6.45, 7) is 6.48. The number of hydrogen-bond acceptors (Lipinski definition) is 5. The fourth-order valence-corrected chi connectivity index (χ4v) is 8.59. The van der Waals surface area contributed by atoms with Crippen LogP contribution in [0, 0.1) is 0 Å². The smallest absolute Gasteiger partial charge is 0.306 e. The molecule has 0 radical (unpaired) electrons. The first kappa shape index (κ1) is 62.8. The number of carbonyl (C=O) groups is 2. The fraction of sp³-hybridized carbons (Fsp3) is 0.831. The molecule has 380 valence electrons. The summed E-state index contributed by atoms with van der Waals surface area (Å²) < 4.78 is 5.94. The quantitative estimate of drug-likeness (QED) is 0.0321. The van der Waals surface area contributed by atoms with Gasteiger partial charge in [0.25, 0.3) is 0 Å². The first-order valence-electron chi connectivity index (χ1n) is 28.4. The monoisotopic (exact) mass is 912 g/mol. The summed E-state index contributed by atoms with van der Waals surface area (Å²) >= 11 is 0. The molecule has 0 heterocycles. The molecule has 3 atom stereocenters. The molecular formula is C59H109NO5. The zero-order valence-electron chi connectivity index (χ0n) is 43.4. The Bertz CT molecular complexity index is 1110. The Morgan fingerprint density at radius 3 is 1.15 bits per heavy atom. The summed E-state index contributed by atoms with van der Waals surface area (Å²) in [5, 5.41) is 23.8. The van der Waals surface area contributed by atoms with Crippen molar-refractivity contribution >= 4 is 11.9 Å². The van der Waals surface area contributed by atoms with E-state index in [0.717, 1.165) is 83.5 Å². The molecule has 65 heavy (non-hydrogen) atoms. The predicted octanol–water partition coefficient (Wildman–Crippen LogP) is 17.4. The molecule has 0 aromatic carbocycles. The number of carbonyl (C=O) groups excluding carboxylic acids is 2. The molecule has 6 nitrogen and oxygen atoms in total.